The number of hydrogen-bond acceptors (Lipinski definition) is 5. The van der Waals surface area contributed by atoms with Crippen LogP contribution in [-0.4, -0.2) is 80.0 Å². The second-order valence-corrected chi connectivity index (χ2v) is 8.95. The Labute approximate surface area is 159 Å². The lowest BCUT2D eigenvalue weighted by Crippen LogP contribution is -2.61. The number of hydrogen-bond donors (Lipinski definition) is 2. The van der Waals surface area contributed by atoms with Gasteiger partial charge in [0.25, 0.3) is 0 Å². The molecule has 4 rings (SSSR count). The van der Waals surface area contributed by atoms with E-state index >= 15 is 0 Å². The van der Waals surface area contributed by atoms with Crippen molar-refractivity contribution in [3.63, 3.8) is 0 Å². The van der Waals surface area contributed by atoms with Crippen LogP contribution in [0.4, 0.5) is 0 Å². The molecule has 2 aliphatic heterocycles. The molecule has 2 aliphatic carbocycles. The minimum atomic E-state index is 0.181. The summed E-state index contributed by atoms with van der Waals surface area (Å²) in [5.74, 6) is 1.80. The van der Waals surface area contributed by atoms with Gasteiger partial charge in [-0.1, -0.05) is 25.7 Å². The molecule has 148 valence electrons. The number of carbonyl (C=O) groups excluding carboxylic acids is 1. The number of Topliss-reactive ketones (excluding diaryl/α,β-unsaturated/α-hetero) is 1. The summed E-state index contributed by atoms with van der Waals surface area (Å²) in [5, 5.41) is 6.95. The molecular formula is C21H38N4O. The van der Waals surface area contributed by atoms with Gasteiger partial charge in [0.05, 0.1) is 12.1 Å². The molecule has 5 nitrogen and oxygen atoms in total. The lowest BCUT2D eigenvalue weighted by atomic mass is 9.83. The first kappa shape index (κ1) is 18.9. The third kappa shape index (κ3) is 4.16. The Morgan fingerprint density at radius 2 is 1.00 bits per heavy atom. The van der Waals surface area contributed by atoms with Crippen LogP contribution in [0.3, 0.4) is 0 Å². The molecule has 0 amide bonds. The molecule has 4 aliphatic rings. The highest BCUT2D eigenvalue weighted by atomic mass is 16.1. The number of nitrogens with zero attached hydrogens (tertiary/aromatic N) is 2. The quantitative estimate of drug-likeness (QED) is 0.750. The van der Waals surface area contributed by atoms with E-state index < -0.39 is 0 Å². The Kier molecular flexibility index (Phi) is 6.62. The molecule has 5 heteroatoms. The maximum Gasteiger partial charge on any atom is 0.167 e. The van der Waals surface area contributed by atoms with Crippen LogP contribution in [0.5, 0.6) is 0 Å². The average molecular weight is 363 g/mol. The van der Waals surface area contributed by atoms with Gasteiger partial charge in [-0.3, -0.25) is 14.6 Å². The molecule has 0 aromatic rings. The molecule has 0 spiro atoms. The number of carbonyl (C=O) groups is 1. The topological polar surface area (TPSA) is 47.6 Å². The largest absolute Gasteiger partial charge is 0.314 e. The predicted octanol–water partition coefficient (Wildman–Crippen LogP) is 1.48. The fourth-order valence-corrected chi connectivity index (χ4v) is 6.06. The highest BCUT2D eigenvalue weighted by Crippen LogP contribution is 2.36. The fourth-order valence-electron chi connectivity index (χ4n) is 6.06. The zero-order valence-electron chi connectivity index (χ0n) is 16.4. The molecule has 2 unspecified atom stereocenters. The van der Waals surface area contributed by atoms with Crippen LogP contribution in [0.15, 0.2) is 0 Å². The third-order valence-electron chi connectivity index (χ3n) is 7.37. The van der Waals surface area contributed by atoms with Crippen molar-refractivity contribution in [2.45, 2.75) is 63.5 Å². The Morgan fingerprint density at radius 3 is 1.35 bits per heavy atom. The van der Waals surface area contributed by atoms with Gasteiger partial charge >= 0.3 is 0 Å². The molecule has 0 aromatic heterocycles. The van der Waals surface area contributed by atoms with Crippen molar-refractivity contribution < 1.29 is 4.79 Å². The van der Waals surface area contributed by atoms with Crippen molar-refractivity contribution in [1.82, 2.24) is 20.4 Å². The van der Waals surface area contributed by atoms with E-state index in [9.17, 15) is 4.79 Å². The van der Waals surface area contributed by atoms with Gasteiger partial charge in [-0.25, -0.2) is 0 Å². The summed E-state index contributed by atoms with van der Waals surface area (Å²) < 4.78 is 0. The van der Waals surface area contributed by atoms with Crippen molar-refractivity contribution in [1.29, 1.82) is 0 Å². The molecule has 2 N–H and O–H groups in total. The zero-order valence-corrected chi connectivity index (χ0v) is 16.4. The first-order valence-corrected chi connectivity index (χ1v) is 11.3. The highest BCUT2D eigenvalue weighted by molar-refractivity contribution is 5.90. The van der Waals surface area contributed by atoms with Crippen molar-refractivity contribution in [2.75, 3.05) is 52.4 Å². The minimum absolute atomic E-state index is 0.181. The first-order chi connectivity index (χ1) is 12.8. The third-order valence-corrected chi connectivity index (χ3v) is 7.37. The lowest BCUT2D eigenvalue weighted by Gasteiger charge is -2.43. The summed E-state index contributed by atoms with van der Waals surface area (Å²) in [5.41, 5.74) is 0. The Balaban J connectivity index is 1.56. The summed E-state index contributed by atoms with van der Waals surface area (Å²) in [6, 6.07) is 0.361. The molecule has 2 heterocycles. The molecular weight excluding hydrogens is 324 g/mol. The molecule has 2 saturated heterocycles. The van der Waals surface area contributed by atoms with Gasteiger partial charge in [0, 0.05) is 52.4 Å². The predicted molar refractivity (Wildman–Crippen MR) is 105 cm³/mol. The van der Waals surface area contributed by atoms with Gasteiger partial charge in [0.1, 0.15) is 0 Å². The lowest BCUT2D eigenvalue weighted by molar-refractivity contribution is -0.134. The second kappa shape index (κ2) is 9.13. The van der Waals surface area contributed by atoms with E-state index in [1.807, 2.05) is 0 Å². The number of nitrogens with one attached hydrogen (secondary N) is 2. The van der Waals surface area contributed by atoms with Crippen LogP contribution in [0.2, 0.25) is 0 Å². The highest BCUT2D eigenvalue weighted by Gasteiger charge is 2.44. The van der Waals surface area contributed by atoms with E-state index in [-0.39, 0.29) is 12.1 Å². The van der Waals surface area contributed by atoms with Gasteiger partial charge in [-0.2, -0.15) is 0 Å². The minimum Gasteiger partial charge on any atom is -0.314 e. The Bertz CT molecular complexity index is 407. The van der Waals surface area contributed by atoms with Crippen LogP contribution >= 0.6 is 0 Å². The van der Waals surface area contributed by atoms with Crippen LogP contribution in [0.25, 0.3) is 0 Å². The molecule has 0 radical (unpaired) electrons. The number of piperazine rings is 2. The molecule has 2 atom stereocenters. The van der Waals surface area contributed by atoms with Gasteiger partial charge < -0.3 is 10.6 Å². The normalized spacial score (nSPS) is 29.8. The molecule has 26 heavy (non-hydrogen) atoms. The first-order valence-electron chi connectivity index (χ1n) is 11.3. The van der Waals surface area contributed by atoms with E-state index in [2.05, 4.69) is 20.4 Å². The zero-order chi connectivity index (χ0) is 17.8. The van der Waals surface area contributed by atoms with E-state index in [1.54, 1.807) is 0 Å². The van der Waals surface area contributed by atoms with Crippen LogP contribution in [0, 0.1) is 11.8 Å². The monoisotopic (exact) mass is 362 g/mol. The van der Waals surface area contributed by atoms with Gasteiger partial charge in [0.2, 0.25) is 0 Å². The molecule has 2 saturated carbocycles. The maximum atomic E-state index is 14.1. The van der Waals surface area contributed by atoms with Gasteiger partial charge in [-0.05, 0) is 37.5 Å². The fraction of sp³-hybridized carbons (Fsp3) is 0.952. The second-order valence-electron chi connectivity index (χ2n) is 8.95. The SMILES string of the molecule is O=C(C(C1CCCC1)N1CCNCC1)C(C1CCCC1)N1CCNCC1. The van der Waals surface area contributed by atoms with Crippen LogP contribution in [0.1, 0.15) is 51.4 Å². The Morgan fingerprint density at radius 1 is 0.654 bits per heavy atom. The number of rotatable bonds is 6. The molecule has 0 aromatic carbocycles. The van der Waals surface area contributed by atoms with E-state index in [1.165, 1.54) is 51.4 Å². The summed E-state index contributed by atoms with van der Waals surface area (Å²) in [4.78, 5) is 19.2. The van der Waals surface area contributed by atoms with Crippen molar-refractivity contribution in [2.24, 2.45) is 11.8 Å². The van der Waals surface area contributed by atoms with E-state index in [4.69, 9.17) is 0 Å². The number of ketones is 1. The standard InChI is InChI=1S/C21H38N4O/c26-21(19(17-5-1-2-6-17)24-13-9-22-10-14-24)20(18-7-3-4-8-18)25-15-11-23-12-16-25/h17-20,22-23H,1-16H2. The molecule has 4 fully saturated rings. The average Bonchev–Trinajstić information content (AvgIpc) is 3.39. The molecule has 0 bridgehead atoms. The van der Waals surface area contributed by atoms with Crippen LogP contribution in [-0.2, 0) is 4.79 Å². The summed E-state index contributed by atoms with van der Waals surface area (Å²) in [7, 11) is 0. The van der Waals surface area contributed by atoms with Gasteiger partial charge in [0.15, 0.2) is 5.78 Å². The smallest absolute Gasteiger partial charge is 0.167 e. The summed E-state index contributed by atoms with van der Waals surface area (Å²) in [6.07, 6.45) is 10.3. The van der Waals surface area contributed by atoms with Crippen molar-refractivity contribution in [3.8, 4) is 0 Å². The van der Waals surface area contributed by atoms with Gasteiger partial charge in [-0.15, -0.1) is 0 Å². The summed E-state index contributed by atoms with van der Waals surface area (Å²) >= 11 is 0. The summed E-state index contributed by atoms with van der Waals surface area (Å²) in [6.45, 7) is 8.35. The van der Waals surface area contributed by atoms with Crippen LogP contribution < -0.4 is 10.6 Å². The Hall–Kier alpha value is -0.490. The van der Waals surface area contributed by atoms with Crippen molar-refractivity contribution in [3.05, 3.63) is 0 Å². The van der Waals surface area contributed by atoms with E-state index in [0.717, 1.165) is 52.4 Å². The van der Waals surface area contributed by atoms with Crippen molar-refractivity contribution >= 4 is 5.78 Å². The van der Waals surface area contributed by atoms with E-state index in [0.29, 0.717) is 17.6 Å². The maximum absolute atomic E-state index is 14.1.